The van der Waals surface area contributed by atoms with Crippen LogP contribution in [0, 0.1) is 0 Å². The quantitative estimate of drug-likeness (QED) is 0.702. The van der Waals surface area contributed by atoms with E-state index in [1.807, 2.05) is 6.07 Å². The molecule has 7 nitrogen and oxygen atoms in total. The Bertz CT molecular complexity index is 872. The van der Waals surface area contributed by atoms with Crippen molar-refractivity contribution < 1.29 is 14.1 Å². The summed E-state index contributed by atoms with van der Waals surface area (Å²) in [5, 5.41) is 8.84. The zero-order valence-corrected chi connectivity index (χ0v) is 16.6. The first-order valence-corrected chi connectivity index (χ1v) is 9.44. The summed E-state index contributed by atoms with van der Waals surface area (Å²) in [5.41, 5.74) is 2.08. The summed E-state index contributed by atoms with van der Waals surface area (Å²) < 4.78 is 11.0. The molecule has 1 saturated heterocycles. The Balaban J connectivity index is 0.00000225. The lowest BCUT2D eigenvalue weighted by atomic mass is 9.72. The van der Waals surface area contributed by atoms with Crippen molar-refractivity contribution in [3.8, 4) is 0 Å². The number of aromatic amines is 1. The number of hydrogen-bond acceptors (Lipinski definition) is 5. The Labute approximate surface area is 169 Å². The van der Waals surface area contributed by atoms with Crippen molar-refractivity contribution in [1.82, 2.24) is 15.8 Å². The molecule has 28 heavy (non-hydrogen) atoms. The minimum Gasteiger partial charge on any atom is -0.384 e. The van der Waals surface area contributed by atoms with Gasteiger partial charge in [0.05, 0.1) is 12.1 Å². The number of benzene rings is 1. The lowest BCUT2D eigenvalue weighted by molar-refractivity contribution is -0.123. The van der Waals surface area contributed by atoms with Crippen molar-refractivity contribution in [3.05, 3.63) is 57.6 Å². The minimum atomic E-state index is -0.289. The molecular weight excluding hydrogens is 382 g/mol. The maximum absolute atomic E-state index is 12.6. The number of carbonyl (C=O) groups is 1. The minimum absolute atomic E-state index is 0. The van der Waals surface area contributed by atoms with E-state index >= 15 is 0 Å². The van der Waals surface area contributed by atoms with Crippen LogP contribution in [0.25, 0.3) is 0 Å². The van der Waals surface area contributed by atoms with Crippen LogP contribution in [0.15, 0.2) is 39.6 Å². The molecule has 0 radical (unpaired) electrons. The molecule has 1 spiro atoms. The van der Waals surface area contributed by atoms with E-state index in [1.54, 1.807) is 7.11 Å². The summed E-state index contributed by atoms with van der Waals surface area (Å²) in [6.45, 7) is 1.89. The predicted molar refractivity (Wildman–Crippen MR) is 107 cm³/mol. The fraction of sp³-hybridized carbons (Fsp3) is 0.500. The van der Waals surface area contributed by atoms with Crippen LogP contribution in [-0.4, -0.2) is 37.4 Å². The molecular formula is C20H26ClN3O4. The van der Waals surface area contributed by atoms with Crippen LogP contribution in [0.1, 0.15) is 42.2 Å². The van der Waals surface area contributed by atoms with Gasteiger partial charge in [-0.25, -0.2) is 0 Å². The summed E-state index contributed by atoms with van der Waals surface area (Å²) in [5.74, 6) is 0.409. The van der Waals surface area contributed by atoms with Gasteiger partial charge in [0.25, 0.3) is 5.56 Å². The Hall–Kier alpha value is -2.09. The van der Waals surface area contributed by atoms with Crippen LogP contribution >= 0.6 is 12.4 Å². The van der Waals surface area contributed by atoms with E-state index in [0.29, 0.717) is 12.2 Å². The first-order chi connectivity index (χ1) is 13.1. The third kappa shape index (κ3) is 3.62. The first-order valence-electron chi connectivity index (χ1n) is 9.44. The monoisotopic (exact) mass is 407 g/mol. The predicted octanol–water partition coefficient (Wildman–Crippen LogP) is 1.83. The van der Waals surface area contributed by atoms with Gasteiger partial charge in [-0.2, -0.15) is 5.16 Å². The average molecular weight is 408 g/mol. The molecule has 1 aromatic heterocycles. The summed E-state index contributed by atoms with van der Waals surface area (Å²) in [4.78, 5) is 23.7. The number of rotatable bonds is 5. The van der Waals surface area contributed by atoms with E-state index in [1.165, 1.54) is 11.6 Å². The molecule has 0 unspecified atom stereocenters. The topological polar surface area (TPSA) is 96.4 Å². The molecule has 2 aromatic rings. The highest BCUT2D eigenvalue weighted by Gasteiger charge is 2.53. The van der Waals surface area contributed by atoms with E-state index in [-0.39, 0.29) is 47.9 Å². The number of methoxy groups -OCH3 is 1. The van der Waals surface area contributed by atoms with Gasteiger partial charge in [0.1, 0.15) is 5.76 Å². The van der Waals surface area contributed by atoms with Crippen molar-refractivity contribution in [3.63, 3.8) is 0 Å². The second kappa shape index (κ2) is 8.51. The van der Waals surface area contributed by atoms with Gasteiger partial charge in [-0.3, -0.25) is 9.59 Å². The Morgan fingerprint density at radius 1 is 1.32 bits per heavy atom. The molecule has 2 atom stereocenters. The molecule has 2 heterocycles. The Morgan fingerprint density at radius 2 is 2.07 bits per heavy atom. The molecule has 0 saturated carbocycles. The molecule has 1 aromatic carbocycles. The average Bonchev–Trinajstić information content (AvgIpc) is 3.21. The van der Waals surface area contributed by atoms with Crippen LogP contribution in [-0.2, 0) is 21.4 Å². The highest BCUT2D eigenvalue weighted by Crippen LogP contribution is 2.51. The number of amides is 1. The van der Waals surface area contributed by atoms with E-state index in [0.717, 1.165) is 31.5 Å². The molecule has 1 amide bonds. The summed E-state index contributed by atoms with van der Waals surface area (Å²) >= 11 is 0. The second-order valence-corrected chi connectivity index (χ2v) is 7.37. The van der Waals surface area contributed by atoms with E-state index < -0.39 is 0 Å². The summed E-state index contributed by atoms with van der Waals surface area (Å²) in [6.07, 6.45) is 2.52. The van der Waals surface area contributed by atoms with Gasteiger partial charge in [0.2, 0.25) is 5.91 Å². The lowest BCUT2D eigenvalue weighted by Gasteiger charge is -2.40. The number of H-pyrrole nitrogens is 1. The van der Waals surface area contributed by atoms with Gasteiger partial charge >= 0.3 is 0 Å². The number of fused-ring (bicyclic) bond motifs is 2. The van der Waals surface area contributed by atoms with Gasteiger partial charge in [-0.05, 0) is 37.1 Å². The van der Waals surface area contributed by atoms with Crippen molar-refractivity contribution in [2.75, 3.05) is 20.2 Å². The molecule has 152 valence electrons. The molecule has 3 N–H and O–H groups in total. The standard InChI is InChI=1S/C20H25N3O4.ClH/c1-26-19-18(22-16(24)7-6-13-12-17(25)23-27-13)14-4-2-3-5-15(14)20(19)8-10-21-11-9-20;/h2-5,12,18-19,21H,6-11H2,1H3,(H,22,24)(H,23,25);1H/t18-,19+;/m1./s1. The number of halogens is 1. The first kappa shape index (κ1) is 20.6. The number of piperidine rings is 1. The third-order valence-corrected chi connectivity index (χ3v) is 5.92. The molecule has 1 fully saturated rings. The maximum Gasteiger partial charge on any atom is 0.280 e. The van der Waals surface area contributed by atoms with Crippen LogP contribution in [0.5, 0.6) is 0 Å². The highest BCUT2D eigenvalue weighted by molar-refractivity contribution is 5.85. The van der Waals surface area contributed by atoms with Crippen LogP contribution in [0.3, 0.4) is 0 Å². The van der Waals surface area contributed by atoms with Crippen LogP contribution < -0.4 is 16.2 Å². The van der Waals surface area contributed by atoms with Crippen molar-refractivity contribution in [2.24, 2.45) is 0 Å². The lowest BCUT2D eigenvalue weighted by Crippen LogP contribution is -2.49. The Kier molecular flexibility index (Phi) is 6.27. The van der Waals surface area contributed by atoms with E-state index in [9.17, 15) is 9.59 Å². The Morgan fingerprint density at radius 3 is 2.75 bits per heavy atom. The van der Waals surface area contributed by atoms with Crippen LogP contribution in [0.4, 0.5) is 0 Å². The molecule has 1 aliphatic heterocycles. The number of hydrogen-bond donors (Lipinski definition) is 3. The smallest absolute Gasteiger partial charge is 0.280 e. The number of carbonyl (C=O) groups excluding carboxylic acids is 1. The van der Waals surface area contributed by atoms with Gasteiger partial charge in [0.15, 0.2) is 0 Å². The fourth-order valence-electron chi connectivity index (χ4n) is 4.73. The van der Waals surface area contributed by atoms with E-state index in [2.05, 4.69) is 34.0 Å². The largest absolute Gasteiger partial charge is 0.384 e. The van der Waals surface area contributed by atoms with Crippen molar-refractivity contribution >= 4 is 18.3 Å². The molecule has 2 aliphatic rings. The SMILES string of the molecule is CO[C@H]1[C@H](NC(=O)CCc2cc(=O)[nH]o2)c2ccccc2C12CCNCC2.Cl. The number of aromatic nitrogens is 1. The number of nitrogens with one attached hydrogen (secondary N) is 3. The van der Waals surface area contributed by atoms with Crippen LogP contribution in [0.2, 0.25) is 0 Å². The normalized spacial score (nSPS) is 22.5. The highest BCUT2D eigenvalue weighted by atomic mass is 35.5. The second-order valence-electron chi connectivity index (χ2n) is 7.37. The molecule has 1 aliphatic carbocycles. The number of aryl methyl sites for hydroxylation is 1. The van der Waals surface area contributed by atoms with E-state index in [4.69, 9.17) is 9.26 Å². The fourth-order valence-corrected chi connectivity index (χ4v) is 4.73. The zero-order valence-electron chi connectivity index (χ0n) is 15.8. The van der Waals surface area contributed by atoms with Gasteiger partial charge in [-0.15, -0.1) is 12.4 Å². The molecule has 0 bridgehead atoms. The maximum atomic E-state index is 12.6. The molecule has 4 rings (SSSR count). The summed E-state index contributed by atoms with van der Waals surface area (Å²) in [7, 11) is 1.73. The van der Waals surface area contributed by atoms with Crippen molar-refractivity contribution in [1.29, 1.82) is 0 Å². The third-order valence-electron chi connectivity index (χ3n) is 5.92. The van der Waals surface area contributed by atoms with Crippen molar-refractivity contribution in [2.45, 2.75) is 43.2 Å². The summed E-state index contributed by atoms with van der Waals surface area (Å²) in [6, 6.07) is 9.55. The molecule has 8 heteroatoms. The van der Waals surface area contributed by atoms with Gasteiger partial charge in [-0.1, -0.05) is 24.3 Å². The van der Waals surface area contributed by atoms with Gasteiger partial charge < -0.3 is 19.9 Å². The number of ether oxygens (including phenoxy) is 1. The zero-order chi connectivity index (χ0) is 18.9. The van der Waals surface area contributed by atoms with Gasteiger partial charge in [0, 0.05) is 31.4 Å².